The molecule has 4 aliphatic rings. The topological polar surface area (TPSA) is 51.6 Å². The molecule has 4 nitrogen and oxygen atoms in total. The van der Waals surface area contributed by atoms with Gasteiger partial charge in [0.15, 0.2) is 16.6 Å². The van der Waals surface area contributed by atoms with Crippen LogP contribution in [0.5, 0.6) is 0 Å². The lowest BCUT2D eigenvalue weighted by Crippen LogP contribution is -2.49. The van der Waals surface area contributed by atoms with E-state index in [-0.39, 0.29) is 33.1 Å². The summed E-state index contributed by atoms with van der Waals surface area (Å²) >= 11 is 0. The van der Waals surface area contributed by atoms with Crippen LogP contribution >= 0.6 is 0 Å². The summed E-state index contributed by atoms with van der Waals surface area (Å²) < 4.78 is 14.2. The Hall–Kier alpha value is -1.58. The highest BCUT2D eigenvalue weighted by Gasteiger charge is 2.52. The van der Waals surface area contributed by atoms with Gasteiger partial charge in [0.25, 0.3) is 0 Å². The minimum absolute atomic E-state index is 0.00646. The summed E-state index contributed by atoms with van der Waals surface area (Å²) in [5.41, 5.74) is 5.23. The molecule has 6 heteroatoms. The first-order valence-electron chi connectivity index (χ1n) is 19.8. The number of nitrogens with zero attached hydrogens (tertiary/aromatic N) is 1. The van der Waals surface area contributed by atoms with E-state index in [0.717, 1.165) is 31.4 Å². The Bertz CT molecular complexity index is 1460. The van der Waals surface area contributed by atoms with Crippen molar-refractivity contribution in [3.63, 3.8) is 0 Å². The average molecular weight is 718 g/mol. The normalized spacial score (nSPS) is 32.1. The van der Waals surface area contributed by atoms with Crippen LogP contribution in [0.4, 0.5) is 0 Å². The van der Waals surface area contributed by atoms with E-state index in [2.05, 4.69) is 117 Å². The van der Waals surface area contributed by atoms with Crippen LogP contribution in [0.15, 0.2) is 72.0 Å². The molecular weight excluding hydrogens is 647 g/mol. The standard InChI is InChI=1S/C44H71NO3Si2/c1-31(19-24-40(46)44(26-27-44)39-18-14-15-28-45-39)36-22-23-37-33(17-16-25-43(36,37)9)20-21-34-29-35(47-49(10,11)41(3,4)5)30-38(32(34)2)48-50(12,13)42(6,7)8/h14-15,18-21,24,28,31,35-38,40,46H,2,16-17,22-23,25-27,29-30H2,1,3-13H3/b24-19+,33-20+,34-21-/t31-,35-,36-,37+,38+,40+,43-/m1/s1. The summed E-state index contributed by atoms with van der Waals surface area (Å²) in [7, 11) is -3.95. The van der Waals surface area contributed by atoms with E-state index in [1.807, 2.05) is 18.3 Å². The Morgan fingerprint density at radius 2 is 1.60 bits per heavy atom. The van der Waals surface area contributed by atoms with E-state index in [4.69, 9.17) is 15.4 Å². The van der Waals surface area contributed by atoms with Crippen molar-refractivity contribution in [3.8, 4) is 0 Å². The van der Waals surface area contributed by atoms with Crippen LogP contribution in [0.25, 0.3) is 0 Å². The Labute approximate surface area is 308 Å². The van der Waals surface area contributed by atoms with Crippen molar-refractivity contribution < 1.29 is 14.0 Å². The van der Waals surface area contributed by atoms with Gasteiger partial charge in [0, 0.05) is 23.7 Å². The second-order valence-corrected chi connectivity index (χ2v) is 29.4. The van der Waals surface area contributed by atoms with Crippen LogP contribution in [-0.2, 0) is 14.3 Å². The SMILES string of the molecule is C=C1/C(=C\C=C2/CCC[C@]3(C)[C@@H]([C@H](C)/C=C/[C@H](O)C4(c5ccccn5)CC4)CC[C@@H]23)C[C@@H](O[Si](C)(C)C(C)(C)C)C[C@@H]1O[Si](C)(C)C(C)(C)C. The zero-order valence-corrected chi connectivity index (χ0v) is 35.9. The number of rotatable bonds is 10. The smallest absolute Gasteiger partial charge is 0.192 e. The van der Waals surface area contributed by atoms with Gasteiger partial charge in [-0.1, -0.05) is 97.9 Å². The predicted molar refractivity (Wildman–Crippen MR) is 216 cm³/mol. The third-order valence-electron chi connectivity index (χ3n) is 14.5. The molecule has 0 saturated heterocycles. The molecule has 0 unspecified atom stereocenters. The molecule has 1 aromatic rings. The van der Waals surface area contributed by atoms with Crippen molar-refractivity contribution in [2.75, 3.05) is 0 Å². The van der Waals surface area contributed by atoms with Crippen molar-refractivity contribution in [1.82, 2.24) is 4.98 Å². The average Bonchev–Trinajstić information content (AvgIpc) is 3.75. The van der Waals surface area contributed by atoms with Crippen molar-refractivity contribution in [2.24, 2.45) is 23.2 Å². The monoisotopic (exact) mass is 717 g/mol. The van der Waals surface area contributed by atoms with E-state index in [1.54, 1.807) is 5.57 Å². The number of aromatic nitrogens is 1. The molecule has 4 aliphatic carbocycles. The fourth-order valence-corrected chi connectivity index (χ4v) is 11.7. The lowest BCUT2D eigenvalue weighted by atomic mass is 9.61. The molecule has 1 N–H and O–H groups in total. The van der Waals surface area contributed by atoms with Crippen LogP contribution in [0.3, 0.4) is 0 Å². The molecule has 4 fully saturated rings. The molecule has 7 atom stereocenters. The van der Waals surface area contributed by atoms with Gasteiger partial charge in [-0.3, -0.25) is 4.98 Å². The molecule has 0 aliphatic heterocycles. The number of allylic oxidation sites excluding steroid dienone is 4. The van der Waals surface area contributed by atoms with E-state index in [9.17, 15) is 5.11 Å². The second kappa shape index (κ2) is 14.3. The first-order chi connectivity index (χ1) is 23.1. The summed E-state index contributed by atoms with van der Waals surface area (Å²) in [6, 6.07) is 6.07. The third-order valence-corrected chi connectivity index (χ3v) is 23.6. The van der Waals surface area contributed by atoms with Gasteiger partial charge >= 0.3 is 0 Å². The van der Waals surface area contributed by atoms with Crippen LogP contribution in [0.2, 0.25) is 36.3 Å². The largest absolute Gasteiger partial charge is 0.413 e. The van der Waals surface area contributed by atoms with Crippen LogP contribution in [0.1, 0.15) is 119 Å². The quantitative estimate of drug-likeness (QED) is 0.193. The summed E-state index contributed by atoms with van der Waals surface area (Å²) in [6.45, 7) is 33.2. The van der Waals surface area contributed by atoms with E-state index in [1.165, 1.54) is 43.3 Å². The molecule has 4 saturated carbocycles. The maximum absolute atomic E-state index is 11.3. The first kappa shape index (κ1) is 39.6. The lowest BCUT2D eigenvalue weighted by Gasteiger charge is -2.45. The van der Waals surface area contributed by atoms with Gasteiger partial charge in [-0.2, -0.15) is 0 Å². The number of fused-ring (bicyclic) bond motifs is 1. The molecule has 50 heavy (non-hydrogen) atoms. The minimum Gasteiger partial charge on any atom is -0.413 e. The van der Waals surface area contributed by atoms with Gasteiger partial charge in [0.05, 0.1) is 18.3 Å². The summed E-state index contributed by atoms with van der Waals surface area (Å²) in [4.78, 5) is 4.61. The molecule has 1 heterocycles. The maximum Gasteiger partial charge on any atom is 0.192 e. The van der Waals surface area contributed by atoms with Gasteiger partial charge < -0.3 is 14.0 Å². The summed E-state index contributed by atoms with van der Waals surface area (Å²) in [5, 5.41) is 11.6. The maximum atomic E-state index is 11.3. The van der Waals surface area contributed by atoms with Gasteiger partial charge in [-0.05, 0) is 134 Å². The third kappa shape index (κ3) is 8.00. The number of pyridine rings is 1. The van der Waals surface area contributed by atoms with Gasteiger partial charge in [0.2, 0.25) is 0 Å². The van der Waals surface area contributed by atoms with Gasteiger partial charge in [0.1, 0.15) is 0 Å². The first-order valence-corrected chi connectivity index (χ1v) is 25.7. The van der Waals surface area contributed by atoms with E-state index < -0.39 is 22.7 Å². The van der Waals surface area contributed by atoms with Crippen molar-refractivity contribution >= 4 is 16.6 Å². The number of aliphatic hydroxyl groups is 1. The van der Waals surface area contributed by atoms with Crippen LogP contribution in [0, 0.1) is 23.2 Å². The van der Waals surface area contributed by atoms with Crippen LogP contribution < -0.4 is 0 Å². The minimum atomic E-state index is -2.00. The molecule has 1 aromatic heterocycles. The van der Waals surface area contributed by atoms with E-state index in [0.29, 0.717) is 17.8 Å². The van der Waals surface area contributed by atoms with E-state index >= 15 is 0 Å². The zero-order chi connectivity index (χ0) is 36.9. The highest BCUT2D eigenvalue weighted by atomic mass is 28.4. The van der Waals surface area contributed by atoms with Crippen LogP contribution in [-0.4, -0.2) is 45.0 Å². The number of hydrogen-bond donors (Lipinski definition) is 1. The van der Waals surface area contributed by atoms with Gasteiger partial charge in [-0.15, -0.1) is 0 Å². The predicted octanol–water partition coefficient (Wildman–Crippen LogP) is 11.9. The molecule has 0 amide bonds. The lowest BCUT2D eigenvalue weighted by molar-refractivity contribution is 0.0969. The highest BCUT2D eigenvalue weighted by molar-refractivity contribution is 6.74. The Morgan fingerprint density at radius 3 is 2.20 bits per heavy atom. The molecule has 0 aromatic carbocycles. The van der Waals surface area contributed by atoms with Gasteiger partial charge in [-0.25, -0.2) is 0 Å². The zero-order valence-electron chi connectivity index (χ0n) is 33.9. The Balaban J connectivity index is 1.35. The van der Waals surface area contributed by atoms with Crippen molar-refractivity contribution in [3.05, 3.63) is 77.7 Å². The molecular formula is C44H71NO3Si2. The molecule has 278 valence electrons. The summed E-state index contributed by atoms with van der Waals surface area (Å²) in [5.74, 6) is 1.65. The molecule has 0 bridgehead atoms. The number of aliphatic hydroxyl groups excluding tert-OH is 1. The fourth-order valence-electron chi connectivity index (χ4n) is 9.00. The second-order valence-electron chi connectivity index (χ2n) is 19.9. The molecule has 5 rings (SSSR count). The number of hydrogen-bond acceptors (Lipinski definition) is 4. The van der Waals surface area contributed by atoms with Crippen molar-refractivity contribution in [1.29, 1.82) is 0 Å². The highest BCUT2D eigenvalue weighted by Crippen LogP contribution is 2.60. The molecule has 0 spiro atoms. The van der Waals surface area contributed by atoms with Crippen molar-refractivity contribution in [2.45, 2.75) is 173 Å². The fraction of sp³-hybridized carbons (Fsp3) is 0.705. The Kier molecular flexibility index (Phi) is 11.4. The summed E-state index contributed by atoms with van der Waals surface area (Å²) in [6.07, 6.45) is 21.0. The molecule has 0 radical (unpaired) electrons. The Morgan fingerprint density at radius 1 is 0.940 bits per heavy atom.